The summed E-state index contributed by atoms with van der Waals surface area (Å²) in [4.78, 5) is 46.0. The Hall–Kier alpha value is -2.16. The lowest BCUT2D eigenvalue weighted by Crippen LogP contribution is -2.67. The molecule has 25 heavy (non-hydrogen) atoms. The van der Waals surface area contributed by atoms with Gasteiger partial charge < -0.3 is 24.3 Å². The van der Waals surface area contributed by atoms with Crippen LogP contribution in [0, 0.1) is 0 Å². The summed E-state index contributed by atoms with van der Waals surface area (Å²) in [5.74, 6) is -2.01. The number of carbonyl (C=O) groups excluding carboxylic acids is 4. The lowest BCUT2D eigenvalue weighted by molar-refractivity contribution is -0.241. The molecule has 0 radical (unpaired) electrons. The highest BCUT2D eigenvalue weighted by Crippen LogP contribution is 2.44. The second kappa shape index (κ2) is 7.38. The highest BCUT2D eigenvalue weighted by molar-refractivity contribution is 5.74. The molecule has 0 saturated carbocycles. The molecule has 2 aliphatic rings. The minimum absolute atomic E-state index is 0.138. The molecule has 0 aliphatic carbocycles. The summed E-state index contributed by atoms with van der Waals surface area (Å²) in [7, 11) is 0. The predicted octanol–water partition coefficient (Wildman–Crippen LogP) is -0.151. The first-order valence-electron chi connectivity index (χ1n) is 8.07. The van der Waals surface area contributed by atoms with Crippen molar-refractivity contribution in [1.29, 1.82) is 0 Å². The van der Waals surface area contributed by atoms with Crippen LogP contribution in [-0.4, -0.2) is 60.4 Å². The Morgan fingerprint density at radius 1 is 1.04 bits per heavy atom. The van der Waals surface area contributed by atoms with E-state index in [4.69, 9.17) is 18.9 Å². The number of hydrogen-bond acceptors (Lipinski definition) is 8. The van der Waals surface area contributed by atoms with Gasteiger partial charge in [-0.2, -0.15) is 0 Å². The molecule has 2 aliphatic heterocycles. The molecule has 2 fully saturated rings. The molecular formula is C16H23NO8. The summed E-state index contributed by atoms with van der Waals surface area (Å²) in [5, 5.41) is 2.71. The van der Waals surface area contributed by atoms with Crippen molar-refractivity contribution in [2.75, 3.05) is 6.61 Å². The zero-order valence-electron chi connectivity index (χ0n) is 14.7. The second-order valence-electron chi connectivity index (χ2n) is 6.37. The molecule has 9 heteroatoms. The molecule has 5 atom stereocenters. The minimum Gasteiger partial charge on any atom is -0.463 e. The van der Waals surface area contributed by atoms with Crippen LogP contribution in [-0.2, 0) is 38.1 Å². The maximum absolute atomic E-state index is 11.6. The highest BCUT2D eigenvalue weighted by atomic mass is 16.6. The Kier molecular flexibility index (Phi) is 5.66. The number of fused-ring (bicyclic) bond motifs is 2. The van der Waals surface area contributed by atoms with Gasteiger partial charge in [0.2, 0.25) is 5.91 Å². The van der Waals surface area contributed by atoms with Gasteiger partial charge in [-0.05, 0) is 12.8 Å². The van der Waals surface area contributed by atoms with Crippen molar-refractivity contribution in [3.63, 3.8) is 0 Å². The van der Waals surface area contributed by atoms with Gasteiger partial charge in [-0.1, -0.05) is 0 Å². The molecule has 9 nitrogen and oxygen atoms in total. The number of nitrogens with one attached hydrogen (secondary N) is 1. The van der Waals surface area contributed by atoms with E-state index in [2.05, 4.69) is 5.32 Å². The zero-order valence-corrected chi connectivity index (χ0v) is 14.7. The normalized spacial score (nSPS) is 33.3. The Balaban J connectivity index is 2.38. The number of rotatable bonds is 5. The predicted molar refractivity (Wildman–Crippen MR) is 82.2 cm³/mol. The summed E-state index contributed by atoms with van der Waals surface area (Å²) in [6, 6.07) is -0.668. The van der Waals surface area contributed by atoms with E-state index in [1.807, 2.05) is 0 Å². The van der Waals surface area contributed by atoms with Gasteiger partial charge in [0, 0.05) is 27.7 Å². The van der Waals surface area contributed by atoms with E-state index in [0.29, 0.717) is 12.8 Å². The van der Waals surface area contributed by atoms with Crippen molar-refractivity contribution < 1.29 is 38.1 Å². The lowest BCUT2D eigenvalue weighted by atomic mass is 9.87. The van der Waals surface area contributed by atoms with Gasteiger partial charge >= 0.3 is 17.9 Å². The summed E-state index contributed by atoms with van der Waals surface area (Å²) in [6.45, 7) is 4.91. The number of hydrogen-bond donors (Lipinski definition) is 1. The minimum atomic E-state index is -1.11. The van der Waals surface area contributed by atoms with Crippen molar-refractivity contribution in [2.45, 2.75) is 70.5 Å². The zero-order chi connectivity index (χ0) is 18.8. The first-order chi connectivity index (χ1) is 11.6. The molecule has 2 rings (SSSR count). The fourth-order valence-electron chi connectivity index (χ4n) is 3.47. The molecular weight excluding hydrogens is 334 g/mol. The fraction of sp³-hybridized carbons (Fsp3) is 0.750. The van der Waals surface area contributed by atoms with Gasteiger partial charge in [-0.15, -0.1) is 0 Å². The maximum atomic E-state index is 11.6. The first-order valence-corrected chi connectivity index (χ1v) is 8.07. The Morgan fingerprint density at radius 3 is 2.20 bits per heavy atom. The molecule has 140 valence electrons. The van der Waals surface area contributed by atoms with Crippen molar-refractivity contribution in [3.05, 3.63) is 0 Å². The van der Waals surface area contributed by atoms with E-state index in [-0.39, 0.29) is 12.5 Å². The van der Waals surface area contributed by atoms with Crippen molar-refractivity contribution in [3.8, 4) is 0 Å². The highest BCUT2D eigenvalue weighted by Gasteiger charge is 2.62. The third-order valence-corrected chi connectivity index (χ3v) is 4.29. The van der Waals surface area contributed by atoms with Gasteiger partial charge in [-0.3, -0.25) is 19.2 Å². The van der Waals surface area contributed by atoms with Gasteiger partial charge in [0.15, 0.2) is 12.2 Å². The quantitative estimate of drug-likeness (QED) is 0.533. The number of ether oxygens (including phenoxy) is 4. The molecule has 0 unspecified atom stereocenters. The van der Waals surface area contributed by atoms with E-state index in [0.717, 1.165) is 0 Å². The van der Waals surface area contributed by atoms with Crippen LogP contribution in [0.1, 0.15) is 40.5 Å². The van der Waals surface area contributed by atoms with Gasteiger partial charge in [0.1, 0.15) is 12.2 Å². The van der Waals surface area contributed by atoms with Crippen LogP contribution in [0.25, 0.3) is 0 Å². The number of esters is 3. The molecule has 2 saturated heterocycles. The first kappa shape index (κ1) is 19.2. The molecule has 2 bridgehead atoms. The smallest absolute Gasteiger partial charge is 0.303 e. The Morgan fingerprint density at radius 2 is 1.68 bits per heavy atom. The molecule has 1 N–H and O–H groups in total. The van der Waals surface area contributed by atoms with Gasteiger partial charge in [0.25, 0.3) is 0 Å². The third-order valence-electron chi connectivity index (χ3n) is 4.29. The molecule has 2 heterocycles. The summed E-state index contributed by atoms with van der Waals surface area (Å²) < 4.78 is 21.9. The summed E-state index contributed by atoms with van der Waals surface area (Å²) in [6.07, 6.45) is -1.44. The molecule has 0 spiro atoms. The van der Waals surface area contributed by atoms with E-state index in [1.165, 1.54) is 27.7 Å². The van der Waals surface area contributed by atoms with Crippen LogP contribution in [0.2, 0.25) is 0 Å². The van der Waals surface area contributed by atoms with E-state index in [1.54, 1.807) is 0 Å². The molecule has 0 aromatic carbocycles. The monoisotopic (exact) mass is 357 g/mol. The molecule has 0 aromatic heterocycles. The molecule has 0 aromatic rings. The largest absolute Gasteiger partial charge is 0.463 e. The van der Waals surface area contributed by atoms with Crippen LogP contribution in [0.3, 0.4) is 0 Å². The Labute approximate surface area is 145 Å². The van der Waals surface area contributed by atoms with Crippen LogP contribution in [0.4, 0.5) is 0 Å². The van der Waals surface area contributed by atoms with Crippen molar-refractivity contribution >= 4 is 23.8 Å². The van der Waals surface area contributed by atoms with Crippen LogP contribution >= 0.6 is 0 Å². The lowest BCUT2D eigenvalue weighted by Gasteiger charge is -2.46. The third kappa shape index (κ3) is 4.28. The molecule has 1 amide bonds. The number of carbonyl (C=O) groups is 4. The average Bonchev–Trinajstić information content (AvgIpc) is 2.87. The average molecular weight is 357 g/mol. The summed E-state index contributed by atoms with van der Waals surface area (Å²) in [5.41, 5.74) is -1.11. The van der Waals surface area contributed by atoms with Crippen LogP contribution in [0.15, 0.2) is 0 Å². The van der Waals surface area contributed by atoms with Crippen LogP contribution in [0.5, 0.6) is 0 Å². The van der Waals surface area contributed by atoms with Gasteiger partial charge in [0.05, 0.1) is 12.1 Å². The van der Waals surface area contributed by atoms with E-state index in [9.17, 15) is 19.2 Å². The van der Waals surface area contributed by atoms with Crippen LogP contribution < -0.4 is 5.32 Å². The topological polar surface area (TPSA) is 117 Å². The summed E-state index contributed by atoms with van der Waals surface area (Å²) >= 11 is 0. The van der Waals surface area contributed by atoms with E-state index >= 15 is 0 Å². The van der Waals surface area contributed by atoms with Gasteiger partial charge in [-0.25, -0.2) is 0 Å². The van der Waals surface area contributed by atoms with Crippen molar-refractivity contribution in [2.24, 2.45) is 0 Å². The Bertz CT molecular complexity index is 576. The standard InChI is InChI=1S/C16H23NO8/c1-8(18)17-13-12-5-6-16(25-12,7-22-9(2)19)15(24-11(4)21)14(13)23-10(3)20/h12-15H,5-7H2,1-4H3,(H,17,18)/t12-,13+,14-,15-,16-/m1/s1. The van der Waals surface area contributed by atoms with Crippen molar-refractivity contribution in [1.82, 2.24) is 5.32 Å². The number of amides is 1. The second-order valence-corrected chi connectivity index (χ2v) is 6.37. The van der Waals surface area contributed by atoms with E-state index < -0.39 is 47.9 Å². The maximum Gasteiger partial charge on any atom is 0.303 e. The fourth-order valence-corrected chi connectivity index (χ4v) is 3.47. The SMILES string of the molecule is CC(=O)N[C@@H]1[C@@H](OC(C)=O)[C@@H](OC(C)=O)[C@]2(COC(C)=O)CC[C@H]1O2.